The van der Waals surface area contributed by atoms with Crippen LogP contribution in [0.1, 0.15) is 46.5 Å². The highest BCUT2D eigenvalue weighted by atomic mass is 16.2. The van der Waals surface area contributed by atoms with Crippen molar-refractivity contribution in [2.45, 2.75) is 46.5 Å². The van der Waals surface area contributed by atoms with Gasteiger partial charge in [-0.25, -0.2) is 0 Å². The van der Waals surface area contributed by atoms with Crippen LogP contribution in [0, 0.1) is 11.8 Å². The minimum absolute atomic E-state index is 0.0142. The third-order valence-corrected chi connectivity index (χ3v) is 3.45. The van der Waals surface area contributed by atoms with E-state index in [9.17, 15) is 14.4 Å². The molecule has 6 nitrogen and oxygen atoms in total. The number of hydrogen-bond acceptors (Lipinski definition) is 3. The monoisotopic (exact) mass is 283 g/mol. The lowest BCUT2D eigenvalue weighted by Crippen LogP contribution is -2.44. The molecule has 1 heterocycles. The number of rotatable bonds is 4. The van der Waals surface area contributed by atoms with Gasteiger partial charge in [0, 0.05) is 32.4 Å². The molecule has 2 N–H and O–H groups in total. The van der Waals surface area contributed by atoms with Gasteiger partial charge in [-0.2, -0.15) is 0 Å². The smallest absolute Gasteiger partial charge is 0.238 e. The van der Waals surface area contributed by atoms with Gasteiger partial charge in [-0.3, -0.25) is 25.2 Å². The molecule has 0 saturated carbocycles. The molecule has 20 heavy (non-hydrogen) atoms. The molecule has 0 aromatic heterocycles. The molecule has 0 aliphatic carbocycles. The highest BCUT2D eigenvalue weighted by Gasteiger charge is 2.25. The topological polar surface area (TPSA) is 78.5 Å². The molecule has 3 amide bonds. The Morgan fingerprint density at radius 1 is 1.00 bits per heavy atom. The van der Waals surface area contributed by atoms with Gasteiger partial charge in [-0.05, 0) is 18.3 Å². The first-order valence-electron chi connectivity index (χ1n) is 7.27. The van der Waals surface area contributed by atoms with E-state index in [2.05, 4.69) is 24.7 Å². The average molecular weight is 283 g/mol. The van der Waals surface area contributed by atoms with Crippen LogP contribution in [0.25, 0.3) is 0 Å². The first kappa shape index (κ1) is 16.5. The Labute approximate surface area is 120 Å². The van der Waals surface area contributed by atoms with Crippen molar-refractivity contribution in [3.8, 4) is 0 Å². The second-order valence-corrected chi connectivity index (χ2v) is 5.69. The molecule has 2 unspecified atom stereocenters. The number of carbonyl (C=O) groups excluding carboxylic acids is 3. The Morgan fingerprint density at radius 3 is 2.10 bits per heavy atom. The Balaban J connectivity index is 2.28. The summed E-state index contributed by atoms with van der Waals surface area (Å²) in [6.07, 6.45) is 1.74. The fourth-order valence-corrected chi connectivity index (χ4v) is 2.54. The summed E-state index contributed by atoms with van der Waals surface area (Å²) in [5.41, 5.74) is 4.59. The SMILES string of the molecule is CCC(=O)NNC(=O)CCC(=O)N1CC(C)CC(C)C1. The lowest BCUT2D eigenvalue weighted by atomic mass is 9.91. The van der Waals surface area contributed by atoms with E-state index in [1.165, 1.54) is 0 Å². The van der Waals surface area contributed by atoms with Crippen LogP contribution in [-0.2, 0) is 14.4 Å². The van der Waals surface area contributed by atoms with Gasteiger partial charge in [-0.15, -0.1) is 0 Å². The van der Waals surface area contributed by atoms with E-state index in [1.807, 2.05) is 4.90 Å². The second kappa shape index (κ2) is 7.87. The van der Waals surface area contributed by atoms with Gasteiger partial charge in [0.25, 0.3) is 0 Å². The largest absolute Gasteiger partial charge is 0.342 e. The van der Waals surface area contributed by atoms with E-state index >= 15 is 0 Å². The van der Waals surface area contributed by atoms with Crippen molar-refractivity contribution >= 4 is 17.7 Å². The summed E-state index contributed by atoms with van der Waals surface area (Å²) >= 11 is 0. The van der Waals surface area contributed by atoms with Crippen LogP contribution in [0.15, 0.2) is 0 Å². The zero-order chi connectivity index (χ0) is 15.1. The average Bonchev–Trinajstić information content (AvgIpc) is 2.40. The van der Waals surface area contributed by atoms with Crippen molar-refractivity contribution in [3.05, 3.63) is 0 Å². The predicted molar refractivity (Wildman–Crippen MR) is 75.3 cm³/mol. The molecule has 0 radical (unpaired) electrons. The van der Waals surface area contributed by atoms with Gasteiger partial charge >= 0.3 is 0 Å². The fourth-order valence-electron chi connectivity index (χ4n) is 2.54. The van der Waals surface area contributed by atoms with Crippen LogP contribution < -0.4 is 10.9 Å². The van der Waals surface area contributed by atoms with E-state index in [0.717, 1.165) is 19.5 Å². The minimum atomic E-state index is -0.335. The summed E-state index contributed by atoms with van der Waals surface area (Å²) in [5, 5.41) is 0. The van der Waals surface area contributed by atoms with Crippen molar-refractivity contribution in [3.63, 3.8) is 0 Å². The summed E-state index contributed by atoms with van der Waals surface area (Å²) in [7, 11) is 0. The quantitative estimate of drug-likeness (QED) is 0.750. The lowest BCUT2D eigenvalue weighted by Gasteiger charge is -2.35. The van der Waals surface area contributed by atoms with E-state index in [0.29, 0.717) is 18.3 Å². The first-order valence-corrected chi connectivity index (χ1v) is 7.27. The van der Waals surface area contributed by atoms with Crippen molar-refractivity contribution in [1.29, 1.82) is 0 Å². The summed E-state index contributed by atoms with van der Waals surface area (Å²) in [6.45, 7) is 7.53. The number of piperidine rings is 1. The standard InChI is InChI=1S/C14H25N3O3/c1-4-12(18)15-16-13(19)5-6-14(20)17-8-10(2)7-11(3)9-17/h10-11H,4-9H2,1-3H3,(H,15,18)(H,16,19). The van der Waals surface area contributed by atoms with Crippen molar-refractivity contribution in [1.82, 2.24) is 15.8 Å². The molecule has 0 spiro atoms. The molecule has 6 heteroatoms. The molecule has 0 bridgehead atoms. The van der Waals surface area contributed by atoms with Crippen LogP contribution >= 0.6 is 0 Å². The van der Waals surface area contributed by atoms with E-state index < -0.39 is 0 Å². The molecule has 1 aliphatic rings. The Hall–Kier alpha value is -1.59. The summed E-state index contributed by atoms with van der Waals surface area (Å²) in [6, 6.07) is 0. The maximum Gasteiger partial charge on any atom is 0.238 e. The third kappa shape index (κ3) is 5.59. The highest BCUT2D eigenvalue weighted by Crippen LogP contribution is 2.21. The molecule has 0 aromatic rings. The lowest BCUT2D eigenvalue weighted by molar-refractivity contribution is -0.136. The van der Waals surface area contributed by atoms with Gasteiger partial charge in [0.2, 0.25) is 17.7 Å². The van der Waals surface area contributed by atoms with Crippen molar-refractivity contribution in [2.24, 2.45) is 11.8 Å². The van der Waals surface area contributed by atoms with Crippen LogP contribution in [0.4, 0.5) is 0 Å². The molecule has 2 atom stereocenters. The van der Waals surface area contributed by atoms with Crippen molar-refractivity contribution < 1.29 is 14.4 Å². The zero-order valence-electron chi connectivity index (χ0n) is 12.6. The van der Waals surface area contributed by atoms with Crippen LogP contribution in [-0.4, -0.2) is 35.7 Å². The van der Waals surface area contributed by atoms with Crippen LogP contribution in [0.5, 0.6) is 0 Å². The summed E-state index contributed by atoms with van der Waals surface area (Å²) in [4.78, 5) is 36.3. The Morgan fingerprint density at radius 2 is 1.55 bits per heavy atom. The molecule has 0 aromatic carbocycles. The number of likely N-dealkylation sites (tertiary alicyclic amines) is 1. The molecule has 1 rings (SSSR count). The van der Waals surface area contributed by atoms with Gasteiger partial charge in [0.15, 0.2) is 0 Å². The van der Waals surface area contributed by atoms with Crippen LogP contribution in [0.2, 0.25) is 0 Å². The maximum atomic E-state index is 12.0. The van der Waals surface area contributed by atoms with Gasteiger partial charge in [0.05, 0.1) is 0 Å². The zero-order valence-corrected chi connectivity index (χ0v) is 12.6. The molecule has 1 saturated heterocycles. The van der Waals surface area contributed by atoms with E-state index in [-0.39, 0.29) is 30.6 Å². The Bertz CT molecular complexity index is 361. The van der Waals surface area contributed by atoms with Crippen LogP contribution in [0.3, 0.4) is 0 Å². The molecular weight excluding hydrogens is 258 g/mol. The van der Waals surface area contributed by atoms with Gasteiger partial charge in [0.1, 0.15) is 0 Å². The first-order chi connectivity index (χ1) is 9.42. The van der Waals surface area contributed by atoms with Gasteiger partial charge < -0.3 is 4.90 Å². The minimum Gasteiger partial charge on any atom is -0.342 e. The van der Waals surface area contributed by atoms with Gasteiger partial charge in [-0.1, -0.05) is 20.8 Å². The normalized spacial score (nSPS) is 22.2. The molecule has 1 fully saturated rings. The summed E-state index contributed by atoms with van der Waals surface area (Å²) < 4.78 is 0. The Kier molecular flexibility index (Phi) is 6.48. The number of nitrogens with zero attached hydrogens (tertiary/aromatic N) is 1. The van der Waals surface area contributed by atoms with E-state index in [1.54, 1.807) is 6.92 Å². The van der Waals surface area contributed by atoms with E-state index in [4.69, 9.17) is 0 Å². The molecule has 1 aliphatic heterocycles. The number of amides is 3. The predicted octanol–water partition coefficient (Wildman–Crippen LogP) is 0.829. The highest BCUT2D eigenvalue weighted by molar-refractivity contribution is 5.85. The number of nitrogens with one attached hydrogen (secondary N) is 2. The second-order valence-electron chi connectivity index (χ2n) is 5.69. The third-order valence-electron chi connectivity index (χ3n) is 3.45. The van der Waals surface area contributed by atoms with Crippen molar-refractivity contribution in [2.75, 3.05) is 13.1 Å². The fraction of sp³-hybridized carbons (Fsp3) is 0.786. The molecular formula is C14H25N3O3. The number of carbonyl (C=O) groups is 3. The number of hydrazine groups is 1. The molecule has 114 valence electrons. The maximum absolute atomic E-state index is 12.0. The number of hydrogen-bond donors (Lipinski definition) is 2. The summed E-state index contributed by atoms with van der Waals surface area (Å²) in [5.74, 6) is 0.461.